The zero-order valence-corrected chi connectivity index (χ0v) is 8.88. The Kier molecular flexibility index (Phi) is 2.84. The highest BCUT2D eigenvalue weighted by Crippen LogP contribution is 2.30. The van der Waals surface area contributed by atoms with Crippen LogP contribution in [-0.4, -0.2) is 31.8 Å². The molecule has 2 unspecified atom stereocenters. The zero-order chi connectivity index (χ0) is 11.7. The number of aromatic nitrogens is 2. The van der Waals surface area contributed by atoms with Gasteiger partial charge in [0.1, 0.15) is 12.0 Å². The van der Waals surface area contributed by atoms with E-state index < -0.39 is 23.3 Å². The van der Waals surface area contributed by atoms with E-state index in [0.29, 0.717) is 5.75 Å². The van der Waals surface area contributed by atoms with Crippen molar-refractivity contribution in [3.8, 4) is 0 Å². The van der Waals surface area contributed by atoms with Crippen molar-refractivity contribution in [3.63, 3.8) is 0 Å². The molecule has 0 saturated carbocycles. The lowest BCUT2D eigenvalue weighted by Gasteiger charge is -2.12. The van der Waals surface area contributed by atoms with Gasteiger partial charge in [0.2, 0.25) is 5.44 Å². The largest absolute Gasteiger partial charge is 0.479 e. The van der Waals surface area contributed by atoms with E-state index in [2.05, 4.69) is 4.98 Å². The van der Waals surface area contributed by atoms with Crippen molar-refractivity contribution in [1.29, 1.82) is 0 Å². The minimum atomic E-state index is -1.05. The highest BCUT2D eigenvalue weighted by molar-refractivity contribution is 8.00. The molecule has 1 aliphatic heterocycles. The number of nitrogens with zero attached hydrogens (tertiary/aromatic N) is 2. The Hall–Kier alpha value is -1.54. The van der Waals surface area contributed by atoms with E-state index in [0.717, 1.165) is 11.8 Å². The molecule has 0 amide bonds. The van der Waals surface area contributed by atoms with Crippen LogP contribution in [-0.2, 0) is 9.53 Å². The minimum Gasteiger partial charge on any atom is -0.479 e. The van der Waals surface area contributed by atoms with Gasteiger partial charge < -0.3 is 15.6 Å². The molecule has 1 saturated heterocycles. The molecule has 7 nitrogen and oxygen atoms in total. The third-order valence-electron chi connectivity index (χ3n) is 2.03. The first kappa shape index (κ1) is 11.0. The van der Waals surface area contributed by atoms with Crippen LogP contribution < -0.4 is 11.4 Å². The highest BCUT2D eigenvalue weighted by atomic mass is 32.2. The van der Waals surface area contributed by atoms with E-state index in [1.54, 1.807) is 0 Å². The number of hydrogen-bond acceptors (Lipinski definition) is 6. The average molecular weight is 243 g/mol. The second kappa shape index (κ2) is 4.14. The molecule has 2 heterocycles. The monoisotopic (exact) mass is 243 g/mol. The molecule has 16 heavy (non-hydrogen) atoms. The van der Waals surface area contributed by atoms with Crippen molar-refractivity contribution in [2.24, 2.45) is 0 Å². The minimum absolute atomic E-state index is 0.127. The summed E-state index contributed by atoms with van der Waals surface area (Å²) in [6, 6.07) is 1.46. The topological polar surface area (TPSA) is 107 Å². The predicted molar refractivity (Wildman–Crippen MR) is 56.9 cm³/mol. The van der Waals surface area contributed by atoms with Crippen molar-refractivity contribution in [2.45, 2.75) is 11.7 Å². The number of rotatable bonds is 2. The fourth-order valence-corrected chi connectivity index (χ4v) is 2.24. The van der Waals surface area contributed by atoms with Crippen LogP contribution in [0.3, 0.4) is 0 Å². The number of hydrogen-bond donors (Lipinski definition) is 2. The first-order valence-corrected chi connectivity index (χ1v) is 5.47. The zero-order valence-electron chi connectivity index (χ0n) is 8.07. The normalized spacial score (nSPS) is 24.5. The first-order chi connectivity index (χ1) is 7.58. The summed E-state index contributed by atoms with van der Waals surface area (Å²) in [6.07, 6.45) is 0.840. The van der Waals surface area contributed by atoms with E-state index in [4.69, 9.17) is 15.6 Å². The molecule has 3 N–H and O–H groups in total. The second-order valence-electron chi connectivity index (χ2n) is 3.14. The Balaban J connectivity index is 2.21. The summed E-state index contributed by atoms with van der Waals surface area (Å²) in [6.45, 7) is 0. The standard InChI is InChI=1S/C8H9N3O4S/c9-4-1-2-11(8(14)10-4)5-3-16-7(15-5)6(12)13/h1-2,5,7H,3H2,(H,12,13)(H2,9,10,14). The Bertz CT molecular complexity index is 475. The first-order valence-electron chi connectivity index (χ1n) is 4.42. The SMILES string of the molecule is Nc1ccn(C2CSC(C(=O)O)O2)c(=O)n1. The molecule has 2 rings (SSSR count). The summed E-state index contributed by atoms with van der Waals surface area (Å²) in [7, 11) is 0. The van der Waals surface area contributed by atoms with Crippen LogP contribution >= 0.6 is 11.8 Å². The molecule has 0 bridgehead atoms. The smallest absolute Gasteiger partial charge is 0.351 e. The average Bonchev–Trinajstić information content (AvgIpc) is 2.66. The Morgan fingerprint density at radius 1 is 1.75 bits per heavy atom. The van der Waals surface area contributed by atoms with Crippen molar-refractivity contribution in [2.75, 3.05) is 11.5 Å². The number of aliphatic carboxylic acids is 1. The van der Waals surface area contributed by atoms with Crippen LogP contribution in [0.15, 0.2) is 17.1 Å². The fraction of sp³-hybridized carbons (Fsp3) is 0.375. The molecule has 1 aliphatic rings. The Morgan fingerprint density at radius 3 is 3.06 bits per heavy atom. The lowest BCUT2D eigenvalue weighted by molar-refractivity contribution is -0.147. The number of carboxylic acids is 1. The summed E-state index contributed by atoms with van der Waals surface area (Å²) in [5, 5.41) is 8.72. The number of nitrogen functional groups attached to an aromatic ring is 1. The summed E-state index contributed by atoms with van der Waals surface area (Å²) in [5.41, 5.74) is 3.86. The molecule has 2 atom stereocenters. The van der Waals surface area contributed by atoms with Gasteiger partial charge in [-0.1, -0.05) is 0 Å². The van der Waals surface area contributed by atoms with E-state index >= 15 is 0 Å². The van der Waals surface area contributed by atoms with Crippen LogP contribution in [0.5, 0.6) is 0 Å². The van der Waals surface area contributed by atoms with Gasteiger partial charge >= 0.3 is 11.7 Å². The number of thioether (sulfide) groups is 1. The number of nitrogens with two attached hydrogens (primary N) is 1. The maximum absolute atomic E-state index is 11.4. The second-order valence-corrected chi connectivity index (χ2v) is 4.23. The van der Waals surface area contributed by atoms with Gasteiger partial charge in [0.25, 0.3) is 0 Å². The summed E-state index contributed by atoms with van der Waals surface area (Å²) < 4.78 is 6.40. The lowest BCUT2D eigenvalue weighted by atomic mass is 10.5. The van der Waals surface area contributed by atoms with Crippen LogP contribution in [0.4, 0.5) is 5.82 Å². The predicted octanol–water partition coefficient (Wildman–Crippen LogP) is -0.502. The summed E-state index contributed by atoms with van der Waals surface area (Å²) in [5.74, 6) is -0.534. The Labute approximate surface area is 94.2 Å². The van der Waals surface area contributed by atoms with Crippen LogP contribution in [0, 0.1) is 0 Å². The van der Waals surface area contributed by atoms with Crippen LogP contribution in [0.1, 0.15) is 6.23 Å². The molecular weight excluding hydrogens is 234 g/mol. The quantitative estimate of drug-likeness (QED) is 0.720. The maximum Gasteiger partial charge on any atom is 0.351 e. The van der Waals surface area contributed by atoms with Crippen molar-refractivity contribution < 1.29 is 14.6 Å². The van der Waals surface area contributed by atoms with Gasteiger partial charge in [-0.2, -0.15) is 4.98 Å². The van der Waals surface area contributed by atoms with Gasteiger partial charge in [-0.3, -0.25) is 4.57 Å². The molecule has 0 radical (unpaired) electrons. The lowest BCUT2D eigenvalue weighted by Crippen LogP contribution is -2.29. The number of anilines is 1. The van der Waals surface area contributed by atoms with Crippen molar-refractivity contribution in [1.82, 2.24) is 9.55 Å². The van der Waals surface area contributed by atoms with Gasteiger partial charge in [-0.15, -0.1) is 11.8 Å². The summed E-state index contributed by atoms with van der Waals surface area (Å²) in [4.78, 5) is 25.6. The number of carboxylic acid groups (broad SMARTS) is 1. The van der Waals surface area contributed by atoms with Crippen molar-refractivity contribution >= 4 is 23.5 Å². The highest BCUT2D eigenvalue weighted by Gasteiger charge is 2.32. The molecule has 1 aromatic rings. The number of ether oxygens (including phenoxy) is 1. The van der Waals surface area contributed by atoms with Gasteiger partial charge in [-0.05, 0) is 6.07 Å². The molecule has 1 aromatic heterocycles. The van der Waals surface area contributed by atoms with Crippen LogP contribution in [0.25, 0.3) is 0 Å². The molecule has 0 aromatic carbocycles. The molecule has 8 heteroatoms. The van der Waals surface area contributed by atoms with E-state index in [9.17, 15) is 9.59 Å². The molecule has 0 spiro atoms. The maximum atomic E-state index is 11.4. The van der Waals surface area contributed by atoms with Gasteiger partial charge in [0, 0.05) is 11.9 Å². The van der Waals surface area contributed by atoms with Crippen molar-refractivity contribution in [3.05, 3.63) is 22.7 Å². The van der Waals surface area contributed by atoms with Crippen LogP contribution in [0.2, 0.25) is 0 Å². The number of carbonyl (C=O) groups is 1. The Morgan fingerprint density at radius 2 is 2.50 bits per heavy atom. The fourth-order valence-electron chi connectivity index (χ4n) is 1.31. The molecule has 0 aliphatic carbocycles. The van der Waals surface area contributed by atoms with E-state index in [-0.39, 0.29) is 5.82 Å². The summed E-state index contributed by atoms with van der Waals surface area (Å²) >= 11 is 1.13. The van der Waals surface area contributed by atoms with E-state index in [1.807, 2.05) is 0 Å². The van der Waals surface area contributed by atoms with Gasteiger partial charge in [-0.25, -0.2) is 9.59 Å². The van der Waals surface area contributed by atoms with Gasteiger partial charge in [0.15, 0.2) is 0 Å². The third kappa shape index (κ3) is 2.02. The van der Waals surface area contributed by atoms with Gasteiger partial charge in [0.05, 0.1) is 0 Å². The molecular formula is C8H9N3O4S. The molecule has 86 valence electrons. The third-order valence-corrected chi connectivity index (χ3v) is 3.13. The van der Waals surface area contributed by atoms with E-state index in [1.165, 1.54) is 16.8 Å². The molecule has 1 fully saturated rings.